The van der Waals surface area contributed by atoms with Gasteiger partial charge in [0, 0.05) is 23.9 Å². The lowest BCUT2D eigenvalue weighted by atomic mass is 9.99. The summed E-state index contributed by atoms with van der Waals surface area (Å²) in [5, 5.41) is 8.91. The van der Waals surface area contributed by atoms with Crippen LogP contribution in [0.1, 0.15) is 30.5 Å². The third-order valence-corrected chi connectivity index (χ3v) is 5.46. The maximum Gasteiger partial charge on any atom is 0.258 e. The number of halogens is 2. The molecule has 2 aliphatic heterocycles. The number of fused-ring (bicyclic) bond motifs is 2. The number of hydroxylamine groups is 2. The van der Waals surface area contributed by atoms with Crippen molar-refractivity contribution in [3.8, 4) is 0 Å². The molecule has 7 heteroatoms. The Kier molecular flexibility index (Phi) is 4.86. The number of carbonyl (C=O) groups is 1. The molecule has 4 rings (SSSR count). The second-order valence-corrected chi connectivity index (χ2v) is 7.36. The lowest BCUT2D eigenvalue weighted by Crippen LogP contribution is -2.27. The van der Waals surface area contributed by atoms with Crippen molar-refractivity contribution in [1.82, 2.24) is 5.06 Å². The van der Waals surface area contributed by atoms with Crippen LogP contribution >= 0.6 is 23.2 Å². The van der Waals surface area contributed by atoms with E-state index in [1.807, 2.05) is 31.3 Å². The first-order valence-electron chi connectivity index (χ1n) is 8.78. The van der Waals surface area contributed by atoms with E-state index in [4.69, 9.17) is 28.0 Å². The molecule has 1 unspecified atom stereocenters. The van der Waals surface area contributed by atoms with Crippen molar-refractivity contribution in [3.63, 3.8) is 0 Å². The number of anilines is 2. The van der Waals surface area contributed by atoms with Crippen molar-refractivity contribution < 1.29 is 9.63 Å². The van der Waals surface area contributed by atoms with Gasteiger partial charge in [0.05, 0.1) is 33.6 Å². The smallest absolute Gasteiger partial charge is 0.258 e. The molecule has 0 saturated carbocycles. The van der Waals surface area contributed by atoms with Gasteiger partial charge in [-0.3, -0.25) is 9.63 Å². The van der Waals surface area contributed by atoms with Gasteiger partial charge in [-0.15, -0.1) is 0 Å². The summed E-state index contributed by atoms with van der Waals surface area (Å²) in [6, 6.07) is 11.2. The van der Waals surface area contributed by atoms with Crippen molar-refractivity contribution in [2.45, 2.75) is 19.4 Å². The van der Waals surface area contributed by atoms with Crippen LogP contribution in [0.25, 0.3) is 5.57 Å². The first-order valence-corrected chi connectivity index (χ1v) is 9.53. The van der Waals surface area contributed by atoms with Crippen LogP contribution in [0.4, 0.5) is 11.4 Å². The van der Waals surface area contributed by atoms with Crippen molar-refractivity contribution in [2.24, 2.45) is 0 Å². The van der Waals surface area contributed by atoms with E-state index in [1.54, 1.807) is 17.2 Å². The molecule has 1 atom stereocenters. The van der Waals surface area contributed by atoms with Gasteiger partial charge in [0.2, 0.25) is 0 Å². The summed E-state index contributed by atoms with van der Waals surface area (Å²) in [4.78, 5) is 18.7. The van der Waals surface area contributed by atoms with E-state index in [1.165, 1.54) is 0 Å². The summed E-state index contributed by atoms with van der Waals surface area (Å²) < 4.78 is 0. The Balaban J connectivity index is 1.87. The molecule has 2 N–H and O–H groups in total. The van der Waals surface area contributed by atoms with E-state index in [0.29, 0.717) is 27.9 Å². The molecule has 2 aromatic carbocycles. The number of rotatable bonds is 4. The maximum absolute atomic E-state index is 12.8. The zero-order valence-electron chi connectivity index (χ0n) is 15.0. The Morgan fingerprint density at radius 1 is 1.11 bits per heavy atom. The highest BCUT2D eigenvalue weighted by molar-refractivity contribution is 6.43. The van der Waals surface area contributed by atoms with Gasteiger partial charge in [0.1, 0.15) is 6.04 Å². The van der Waals surface area contributed by atoms with Gasteiger partial charge in [-0.05, 0) is 24.6 Å². The Morgan fingerprint density at radius 2 is 1.85 bits per heavy atom. The monoisotopic (exact) mass is 403 g/mol. The van der Waals surface area contributed by atoms with Crippen molar-refractivity contribution in [3.05, 3.63) is 63.3 Å². The molecule has 0 bridgehead atoms. The van der Waals surface area contributed by atoms with Gasteiger partial charge in [-0.1, -0.05) is 48.3 Å². The van der Waals surface area contributed by atoms with Gasteiger partial charge in [0.25, 0.3) is 5.91 Å². The number of likely N-dealkylation sites (N-methyl/N-ethyl adjacent to an activating group) is 1. The number of hydrogen-bond acceptors (Lipinski definition) is 4. The minimum Gasteiger partial charge on any atom is -0.356 e. The Labute approximate surface area is 167 Å². The van der Waals surface area contributed by atoms with E-state index in [0.717, 1.165) is 28.9 Å². The summed E-state index contributed by atoms with van der Waals surface area (Å²) in [6.07, 6.45) is 0.898. The van der Waals surface area contributed by atoms with Crippen molar-refractivity contribution in [2.75, 3.05) is 24.3 Å². The number of amides is 1. The maximum atomic E-state index is 12.8. The van der Waals surface area contributed by atoms with Crippen molar-refractivity contribution >= 4 is 46.1 Å². The predicted molar refractivity (Wildman–Crippen MR) is 109 cm³/mol. The predicted octanol–water partition coefficient (Wildman–Crippen LogP) is 5.10. The molecule has 27 heavy (non-hydrogen) atoms. The largest absolute Gasteiger partial charge is 0.356 e. The third-order valence-electron chi connectivity index (χ3n) is 4.74. The molecule has 0 fully saturated rings. The molecule has 0 aromatic heterocycles. The fourth-order valence-corrected chi connectivity index (χ4v) is 3.86. The van der Waals surface area contributed by atoms with Crippen LogP contribution < -0.4 is 10.6 Å². The van der Waals surface area contributed by atoms with Crippen LogP contribution in [0.5, 0.6) is 0 Å². The Hall–Kier alpha value is -2.05. The fourth-order valence-electron chi connectivity index (χ4n) is 3.54. The van der Waals surface area contributed by atoms with E-state index in [9.17, 15) is 4.79 Å². The molecule has 5 nitrogen and oxygen atoms in total. The summed E-state index contributed by atoms with van der Waals surface area (Å²) in [6.45, 7) is 2.66. The Morgan fingerprint density at radius 3 is 2.63 bits per heavy atom. The van der Waals surface area contributed by atoms with E-state index >= 15 is 0 Å². The molecule has 0 radical (unpaired) electrons. The van der Waals surface area contributed by atoms with Crippen LogP contribution in [0, 0.1) is 0 Å². The SMILES string of the molecule is CCCON(C)C1/C(=C2/C(=O)Nc3cc(Cl)c(Cl)cc32)Nc2ccccc21. The summed E-state index contributed by atoms with van der Waals surface area (Å²) >= 11 is 12.3. The average molecular weight is 404 g/mol. The summed E-state index contributed by atoms with van der Waals surface area (Å²) in [5.74, 6) is -0.187. The summed E-state index contributed by atoms with van der Waals surface area (Å²) in [5.41, 5.74) is 4.73. The molecule has 0 spiro atoms. The lowest BCUT2D eigenvalue weighted by Gasteiger charge is -2.25. The molecule has 2 aliphatic rings. The molecule has 2 heterocycles. The summed E-state index contributed by atoms with van der Waals surface area (Å²) in [7, 11) is 1.88. The van der Waals surface area contributed by atoms with Gasteiger partial charge in [-0.25, -0.2) is 0 Å². The zero-order valence-corrected chi connectivity index (χ0v) is 16.5. The van der Waals surface area contributed by atoms with Crippen LogP contribution in [0.15, 0.2) is 42.1 Å². The quantitative estimate of drug-likeness (QED) is 0.550. The molecule has 140 valence electrons. The van der Waals surface area contributed by atoms with Gasteiger partial charge < -0.3 is 10.6 Å². The number of para-hydroxylation sites is 1. The zero-order chi connectivity index (χ0) is 19.1. The fraction of sp³-hybridized carbons (Fsp3) is 0.250. The topological polar surface area (TPSA) is 53.6 Å². The molecule has 0 aliphatic carbocycles. The minimum atomic E-state index is -0.228. The molecular weight excluding hydrogens is 385 g/mol. The first-order chi connectivity index (χ1) is 13.0. The van der Waals surface area contributed by atoms with Crippen LogP contribution in [0.2, 0.25) is 10.0 Å². The third kappa shape index (κ3) is 3.11. The van der Waals surface area contributed by atoms with Crippen LogP contribution in [0.3, 0.4) is 0 Å². The molecule has 2 aromatic rings. The second-order valence-electron chi connectivity index (χ2n) is 6.55. The number of benzene rings is 2. The highest BCUT2D eigenvalue weighted by Crippen LogP contribution is 2.47. The Bertz CT molecular complexity index is 958. The van der Waals surface area contributed by atoms with Crippen molar-refractivity contribution in [1.29, 1.82) is 0 Å². The van der Waals surface area contributed by atoms with E-state index in [2.05, 4.69) is 17.6 Å². The van der Waals surface area contributed by atoms with E-state index in [-0.39, 0.29) is 11.9 Å². The highest BCUT2D eigenvalue weighted by atomic mass is 35.5. The first kappa shape index (κ1) is 18.3. The molecule has 0 saturated heterocycles. The highest BCUT2D eigenvalue weighted by Gasteiger charge is 2.38. The number of nitrogens with zero attached hydrogens (tertiary/aromatic N) is 1. The second kappa shape index (κ2) is 7.17. The molecular formula is C20H19Cl2N3O2. The lowest BCUT2D eigenvalue weighted by molar-refractivity contribution is -0.159. The number of hydrogen-bond donors (Lipinski definition) is 2. The molecule has 1 amide bonds. The standard InChI is InChI=1S/C20H19Cl2N3O2/c1-3-8-27-25(2)19-11-6-4-5-7-15(11)23-18(19)17-12-9-13(21)14(22)10-16(12)24-20(17)26/h4-7,9-10,19,23H,3,8H2,1-2H3,(H,24,26)/b18-17-. The van der Waals surface area contributed by atoms with Crippen LogP contribution in [-0.4, -0.2) is 24.6 Å². The number of carbonyl (C=O) groups excluding carboxylic acids is 1. The van der Waals surface area contributed by atoms with Gasteiger partial charge in [0.15, 0.2) is 0 Å². The van der Waals surface area contributed by atoms with Gasteiger partial charge in [-0.2, -0.15) is 5.06 Å². The normalized spacial score (nSPS) is 20.5. The average Bonchev–Trinajstić information content (AvgIpc) is 3.16. The van der Waals surface area contributed by atoms with Gasteiger partial charge >= 0.3 is 0 Å². The minimum absolute atomic E-state index is 0.187. The van der Waals surface area contributed by atoms with Crippen LogP contribution in [-0.2, 0) is 9.63 Å². The van der Waals surface area contributed by atoms with E-state index < -0.39 is 0 Å². The number of nitrogens with one attached hydrogen (secondary N) is 2.